The van der Waals surface area contributed by atoms with Crippen molar-refractivity contribution in [2.75, 3.05) is 18.4 Å². The second-order valence-electron chi connectivity index (χ2n) is 6.20. The van der Waals surface area contributed by atoms with Crippen molar-refractivity contribution in [1.82, 2.24) is 4.90 Å². The monoisotopic (exact) mass is 285 g/mol. The van der Waals surface area contributed by atoms with Crippen molar-refractivity contribution in [3.63, 3.8) is 0 Å². The van der Waals surface area contributed by atoms with Gasteiger partial charge >= 0.3 is 0 Å². The van der Waals surface area contributed by atoms with Gasteiger partial charge in [-0.3, -0.25) is 4.90 Å². The lowest BCUT2D eigenvalue weighted by atomic mass is 9.86. The molecule has 0 amide bonds. The van der Waals surface area contributed by atoms with Crippen LogP contribution in [0, 0.1) is 17.8 Å². The molecule has 3 fully saturated rings. The Kier molecular flexibility index (Phi) is 3.58. The van der Waals surface area contributed by atoms with E-state index in [2.05, 4.69) is 20.8 Å². The number of alkyl halides is 1. The van der Waals surface area contributed by atoms with Gasteiger partial charge in [-0.25, -0.2) is 0 Å². The summed E-state index contributed by atoms with van der Waals surface area (Å²) in [5.41, 5.74) is 0. The molecule has 0 aromatic heterocycles. The molecule has 0 aliphatic heterocycles. The summed E-state index contributed by atoms with van der Waals surface area (Å²) in [6.45, 7) is 2.69. The van der Waals surface area contributed by atoms with Crippen LogP contribution in [-0.4, -0.2) is 29.4 Å². The van der Waals surface area contributed by atoms with Crippen LogP contribution < -0.4 is 0 Å². The lowest BCUT2D eigenvalue weighted by molar-refractivity contribution is 0.0998. The Morgan fingerprint density at radius 3 is 2.44 bits per heavy atom. The fourth-order valence-corrected chi connectivity index (χ4v) is 4.64. The van der Waals surface area contributed by atoms with Crippen molar-refractivity contribution in [2.24, 2.45) is 17.8 Å². The van der Waals surface area contributed by atoms with Gasteiger partial charge in [0.25, 0.3) is 0 Å². The molecular weight excluding hydrogens is 262 g/mol. The molecule has 0 aromatic rings. The molecule has 0 aromatic carbocycles. The Bertz CT molecular complexity index is 239. The maximum absolute atomic E-state index is 3.62. The third kappa shape index (κ3) is 2.20. The van der Waals surface area contributed by atoms with Crippen LogP contribution in [-0.2, 0) is 0 Å². The van der Waals surface area contributed by atoms with Crippen LogP contribution in [0.4, 0.5) is 0 Å². The lowest BCUT2D eigenvalue weighted by Crippen LogP contribution is -2.44. The van der Waals surface area contributed by atoms with E-state index in [0.717, 1.165) is 29.1 Å². The zero-order chi connectivity index (χ0) is 11.0. The van der Waals surface area contributed by atoms with Gasteiger partial charge in [0.2, 0.25) is 0 Å². The maximum Gasteiger partial charge on any atom is 0.0159 e. The van der Waals surface area contributed by atoms with E-state index in [0.29, 0.717) is 0 Å². The van der Waals surface area contributed by atoms with Crippen molar-refractivity contribution in [1.29, 1.82) is 0 Å². The van der Waals surface area contributed by atoms with E-state index in [4.69, 9.17) is 0 Å². The first-order chi connectivity index (χ1) is 7.86. The lowest BCUT2D eigenvalue weighted by Gasteiger charge is -2.40. The SMILES string of the molecule is BrCCN(CC1CC2CCC1C2)C1CCC1. The van der Waals surface area contributed by atoms with Crippen LogP contribution in [0.3, 0.4) is 0 Å². The van der Waals surface area contributed by atoms with Crippen molar-refractivity contribution in [2.45, 2.75) is 51.0 Å². The quantitative estimate of drug-likeness (QED) is 0.697. The van der Waals surface area contributed by atoms with Crippen LogP contribution in [0.25, 0.3) is 0 Å². The zero-order valence-electron chi connectivity index (χ0n) is 10.2. The highest BCUT2D eigenvalue weighted by Gasteiger charge is 2.40. The van der Waals surface area contributed by atoms with Crippen molar-refractivity contribution < 1.29 is 0 Å². The van der Waals surface area contributed by atoms with E-state index < -0.39 is 0 Å². The molecule has 2 heteroatoms. The molecule has 0 radical (unpaired) electrons. The van der Waals surface area contributed by atoms with Crippen molar-refractivity contribution >= 4 is 15.9 Å². The molecule has 16 heavy (non-hydrogen) atoms. The minimum absolute atomic E-state index is 0.941. The van der Waals surface area contributed by atoms with Gasteiger partial charge in [-0.2, -0.15) is 0 Å². The van der Waals surface area contributed by atoms with E-state index in [1.807, 2.05) is 0 Å². The first-order valence-electron chi connectivity index (χ1n) is 7.17. The predicted octanol–water partition coefficient (Wildman–Crippen LogP) is 3.67. The van der Waals surface area contributed by atoms with Gasteiger partial charge in [-0.15, -0.1) is 0 Å². The molecule has 3 unspecified atom stereocenters. The molecule has 0 heterocycles. The normalized spacial score (nSPS) is 38.2. The predicted molar refractivity (Wildman–Crippen MR) is 71.9 cm³/mol. The molecular formula is C14H24BrN. The number of hydrogen-bond donors (Lipinski definition) is 0. The highest BCUT2D eigenvalue weighted by atomic mass is 79.9. The molecule has 1 nitrogen and oxygen atoms in total. The third-order valence-corrected chi connectivity index (χ3v) is 5.67. The van der Waals surface area contributed by atoms with Gasteiger partial charge in [0.1, 0.15) is 0 Å². The molecule has 0 spiro atoms. The first-order valence-corrected chi connectivity index (χ1v) is 8.29. The second kappa shape index (κ2) is 4.97. The van der Waals surface area contributed by atoms with E-state index in [1.165, 1.54) is 32.4 Å². The van der Waals surface area contributed by atoms with Crippen LogP contribution in [0.2, 0.25) is 0 Å². The summed E-state index contributed by atoms with van der Waals surface area (Å²) >= 11 is 3.62. The van der Waals surface area contributed by atoms with Crippen LogP contribution in [0.5, 0.6) is 0 Å². The standard InChI is InChI=1S/C14H24BrN/c15-6-7-16(14-2-1-3-14)10-13-9-11-4-5-12(13)8-11/h11-14H,1-10H2. The van der Waals surface area contributed by atoms with Crippen LogP contribution in [0.15, 0.2) is 0 Å². The molecule has 3 atom stereocenters. The van der Waals surface area contributed by atoms with Gasteiger partial charge in [0, 0.05) is 24.5 Å². The van der Waals surface area contributed by atoms with E-state index in [1.54, 1.807) is 25.7 Å². The van der Waals surface area contributed by atoms with E-state index >= 15 is 0 Å². The Hall–Kier alpha value is 0.440. The van der Waals surface area contributed by atoms with Gasteiger partial charge in [-0.05, 0) is 49.9 Å². The minimum Gasteiger partial charge on any atom is -0.299 e. The molecule has 3 aliphatic carbocycles. The Balaban J connectivity index is 1.54. The number of hydrogen-bond acceptors (Lipinski definition) is 1. The van der Waals surface area contributed by atoms with Crippen molar-refractivity contribution in [3.05, 3.63) is 0 Å². The summed E-state index contributed by atoms with van der Waals surface area (Å²) in [6.07, 6.45) is 10.6. The second-order valence-corrected chi connectivity index (χ2v) is 7.00. The Morgan fingerprint density at radius 1 is 1.06 bits per heavy atom. The molecule has 3 aliphatic rings. The fraction of sp³-hybridized carbons (Fsp3) is 1.00. The molecule has 3 rings (SSSR count). The van der Waals surface area contributed by atoms with Crippen LogP contribution >= 0.6 is 15.9 Å². The maximum atomic E-state index is 3.62. The summed E-state index contributed by atoms with van der Waals surface area (Å²) in [6, 6.07) is 0.941. The van der Waals surface area contributed by atoms with Gasteiger partial charge in [0.15, 0.2) is 0 Å². The van der Waals surface area contributed by atoms with Gasteiger partial charge < -0.3 is 0 Å². The smallest absolute Gasteiger partial charge is 0.0159 e. The molecule has 2 bridgehead atoms. The van der Waals surface area contributed by atoms with E-state index in [-0.39, 0.29) is 0 Å². The minimum atomic E-state index is 0.941. The highest BCUT2D eigenvalue weighted by Crippen LogP contribution is 2.48. The largest absolute Gasteiger partial charge is 0.299 e. The summed E-state index contributed by atoms with van der Waals surface area (Å²) < 4.78 is 0. The Morgan fingerprint density at radius 2 is 1.94 bits per heavy atom. The van der Waals surface area contributed by atoms with Crippen LogP contribution in [0.1, 0.15) is 44.9 Å². The summed E-state index contributed by atoms with van der Waals surface area (Å²) in [5.74, 6) is 3.27. The van der Waals surface area contributed by atoms with E-state index in [9.17, 15) is 0 Å². The summed E-state index contributed by atoms with van der Waals surface area (Å²) in [5, 5.41) is 1.16. The fourth-order valence-electron chi connectivity index (χ4n) is 4.18. The summed E-state index contributed by atoms with van der Waals surface area (Å²) in [7, 11) is 0. The Labute approximate surface area is 108 Å². The zero-order valence-corrected chi connectivity index (χ0v) is 11.8. The number of rotatable bonds is 5. The molecule has 0 saturated heterocycles. The topological polar surface area (TPSA) is 3.24 Å². The molecule has 0 N–H and O–H groups in total. The summed E-state index contributed by atoms with van der Waals surface area (Å²) in [4.78, 5) is 2.80. The average molecular weight is 286 g/mol. The first kappa shape index (κ1) is 11.5. The number of fused-ring (bicyclic) bond motifs is 2. The number of nitrogens with zero attached hydrogens (tertiary/aromatic N) is 1. The molecule has 92 valence electrons. The van der Waals surface area contributed by atoms with Gasteiger partial charge in [-0.1, -0.05) is 28.8 Å². The highest BCUT2D eigenvalue weighted by molar-refractivity contribution is 9.09. The van der Waals surface area contributed by atoms with Gasteiger partial charge in [0.05, 0.1) is 0 Å². The number of halogens is 1. The van der Waals surface area contributed by atoms with Crippen molar-refractivity contribution in [3.8, 4) is 0 Å². The molecule has 3 saturated carbocycles. The average Bonchev–Trinajstić information content (AvgIpc) is 2.76. The third-order valence-electron chi connectivity index (χ3n) is 5.32.